The minimum atomic E-state index is -0.757. The van der Waals surface area contributed by atoms with Gasteiger partial charge >= 0.3 is 5.97 Å². The van der Waals surface area contributed by atoms with E-state index >= 15 is 0 Å². The number of carboxylic acid groups (broad SMARTS) is 1. The summed E-state index contributed by atoms with van der Waals surface area (Å²) < 4.78 is 0. The van der Waals surface area contributed by atoms with Crippen LogP contribution in [0.3, 0.4) is 0 Å². The number of carboxylic acids is 1. The molecule has 0 aliphatic rings. The van der Waals surface area contributed by atoms with Gasteiger partial charge in [-0.2, -0.15) is 0 Å². The van der Waals surface area contributed by atoms with Gasteiger partial charge in [0.25, 0.3) is 5.69 Å². The van der Waals surface area contributed by atoms with Crippen LogP contribution in [-0.4, -0.2) is 22.5 Å². The Morgan fingerprint density at radius 2 is 2.14 bits per heavy atom. The van der Waals surface area contributed by atoms with Gasteiger partial charge in [-0.1, -0.05) is 13.3 Å². The van der Waals surface area contributed by atoms with Crippen LogP contribution in [-0.2, 0) is 4.79 Å². The van der Waals surface area contributed by atoms with Gasteiger partial charge in [-0.3, -0.25) is 14.9 Å². The summed E-state index contributed by atoms with van der Waals surface area (Å²) in [7, 11) is 0. The summed E-state index contributed by atoms with van der Waals surface area (Å²) in [5, 5.41) is 22.7. The third-order valence-corrected chi connectivity index (χ3v) is 3.62. The summed E-state index contributed by atoms with van der Waals surface area (Å²) in [6.45, 7) is 4.50. The van der Waals surface area contributed by atoms with Gasteiger partial charge in [-0.15, -0.1) is 0 Å². The molecule has 0 aromatic heterocycles. The second kappa shape index (κ2) is 8.24. The van der Waals surface area contributed by atoms with Crippen molar-refractivity contribution in [1.29, 1.82) is 0 Å². The molecule has 6 heteroatoms. The maximum atomic E-state index is 10.7. The molecule has 0 radical (unpaired) electrons. The molecule has 1 aromatic rings. The van der Waals surface area contributed by atoms with Crippen molar-refractivity contribution < 1.29 is 14.8 Å². The van der Waals surface area contributed by atoms with Crippen molar-refractivity contribution in [3.05, 3.63) is 33.9 Å². The molecule has 116 valence electrons. The van der Waals surface area contributed by atoms with Crippen molar-refractivity contribution in [1.82, 2.24) is 0 Å². The number of anilines is 1. The van der Waals surface area contributed by atoms with Crippen molar-refractivity contribution in [2.45, 2.75) is 39.5 Å². The number of benzene rings is 1. The van der Waals surface area contributed by atoms with Gasteiger partial charge < -0.3 is 10.4 Å². The average molecular weight is 294 g/mol. The smallest absolute Gasteiger partial charge is 0.303 e. The SMILES string of the molecule is CCC(CCNc1ccc([N+](=O)[O-])c(C)c1)CCC(=O)O. The van der Waals surface area contributed by atoms with Crippen LogP contribution in [0.5, 0.6) is 0 Å². The highest BCUT2D eigenvalue weighted by Crippen LogP contribution is 2.22. The van der Waals surface area contributed by atoms with Gasteiger partial charge in [-0.05, 0) is 37.8 Å². The summed E-state index contributed by atoms with van der Waals surface area (Å²) >= 11 is 0. The summed E-state index contributed by atoms with van der Waals surface area (Å²) in [5.74, 6) is -0.375. The number of nitro groups is 1. The van der Waals surface area contributed by atoms with Crippen LogP contribution in [0.2, 0.25) is 0 Å². The number of nitrogens with one attached hydrogen (secondary N) is 1. The lowest BCUT2D eigenvalue weighted by molar-refractivity contribution is -0.385. The quantitative estimate of drug-likeness (QED) is 0.536. The highest BCUT2D eigenvalue weighted by molar-refractivity contribution is 5.66. The first-order chi connectivity index (χ1) is 9.93. The van der Waals surface area contributed by atoms with Gasteiger partial charge in [0.2, 0.25) is 0 Å². The van der Waals surface area contributed by atoms with E-state index in [1.54, 1.807) is 19.1 Å². The zero-order valence-corrected chi connectivity index (χ0v) is 12.5. The third-order valence-electron chi connectivity index (χ3n) is 3.62. The Morgan fingerprint density at radius 1 is 1.43 bits per heavy atom. The molecule has 0 saturated heterocycles. The lowest BCUT2D eigenvalue weighted by atomic mass is 9.96. The molecule has 2 N–H and O–H groups in total. The van der Waals surface area contributed by atoms with Gasteiger partial charge in [0.15, 0.2) is 0 Å². The molecule has 0 fully saturated rings. The highest BCUT2D eigenvalue weighted by Gasteiger charge is 2.11. The minimum absolute atomic E-state index is 0.119. The molecule has 1 rings (SSSR count). The number of aryl methyl sites for hydroxylation is 1. The van der Waals surface area contributed by atoms with E-state index in [-0.39, 0.29) is 12.1 Å². The van der Waals surface area contributed by atoms with Crippen molar-refractivity contribution in [2.75, 3.05) is 11.9 Å². The summed E-state index contributed by atoms with van der Waals surface area (Å²) in [6.07, 6.45) is 2.73. The first-order valence-corrected chi connectivity index (χ1v) is 7.14. The molecule has 6 nitrogen and oxygen atoms in total. The number of rotatable bonds is 9. The fourth-order valence-corrected chi connectivity index (χ4v) is 2.27. The van der Waals surface area contributed by atoms with Gasteiger partial charge in [0.1, 0.15) is 0 Å². The fraction of sp³-hybridized carbons (Fsp3) is 0.533. The maximum absolute atomic E-state index is 10.7. The van der Waals surface area contributed by atoms with Crippen LogP contribution >= 0.6 is 0 Å². The van der Waals surface area contributed by atoms with Crippen molar-refractivity contribution >= 4 is 17.3 Å². The van der Waals surface area contributed by atoms with Crippen LogP contribution < -0.4 is 5.32 Å². The van der Waals surface area contributed by atoms with Crippen molar-refractivity contribution in [2.24, 2.45) is 5.92 Å². The molecular weight excluding hydrogens is 272 g/mol. The van der Waals surface area contributed by atoms with Crippen molar-refractivity contribution in [3.8, 4) is 0 Å². The Labute approximate surface area is 124 Å². The van der Waals surface area contributed by atoms with E-state index < -0.39 is 10.9 Å². The predicted octanol–water partition coefficient (Wildman–Crippen LogP) is 3.60. The van der Waals surface area contributed by atoms with Crippen molar-refractivity contribution in [3.63, 3.8) is 0 Å². The van der Waals surface area contributed by atoms with Gasteiger partial charge in [0, 0.05) is 30.3 Å². The first kappa shape index (κ1) is 16.9. The molecule has 1 atom stereocenters. The summed E-state index contributed by atoms with van der Waals surface area (Å²) in [5.41, 5.74) is 1.60. The molecule has 0 saturated carbocycles. The minimum Gasteiger partial charge on any atom is -0.481 e. The Balaban J connectivity index is 2.46. The Kier molecular flexibility index (Phi) is 6.65. The highest BCUT2D eigenvalue weighted by atomic mass is 16.6. The van der Waals surface area contributed by atoms with E-state index in [1.165, 1.54) is 6.07 Å². The van der Waals surface area contributed by atoms with E-state index in [4.69, 9.17) is 5.11 Å². The standard InChI is InChI=1S/C15H22N2O4/c1-3-12(4-7-15(18)19)8-9-16-13-5-6-14(17(20)21)11(2)10-13/h5-6,10,12,16H,3-4,7-9H2,1-2H3,(H,18,19). The molecule has 0 heterocycles. The Hall–Kier alpha value is -2.11. The number of aliphatic carboxylic acids is 1. The number of hydrogen-bond acceptors (Lipinski definition) is 4. The zero-order valence-electron chi connectivity index (χ0n) is 12.5. The van der Waals surface area contributed by atoms with Crippen LogP contribution in [0.15, 0.2) is 18.2 Å². The van der Waals surface area contributed by atoms with Crippen LogP contribution in [0, 0.1) is 23.0 Å². The monoisotopic (exact) mass is 294 g/mol. The summed E-state index contributed by atoms with van der Waals surface area (Å²) in [6, 6.07) is 4.96. The maximum Gasteiger partial charge on any atom is 0.303 e. The van der Waals surface area contributed by atoms with E-state index in [0.29, 0.717) is 17.9 Å². The molecular formula is C15H22N2O4. The largest absolute Gasteiger partial charge is 0.481 e. The Bertz CT molecular complexity index is 502. The molecule has 0 spiro atoms. The topological polar surface area (TPSA) is 92.5 Å². The van der Waals surface area contributed by atoms with E-state index in [9.17, 15) is 14.9 Å². The average Bonchev–Trinajstić information content (AvgIpc) is 2.42. The normalized spacial score (nSPS) is 11.9. The number of carbonyl (C=O) groups is 1. The second-order valence-corrected chi connectivity index (χ2v) is 5.18. The number of nitrogens with zero attached hydrogens (tertiary/aromatic N) is 1. The predicted molar refractivity (Wildman–Crippen MR) is 81.6 cm³/mol. The molecule has 0 bridgehead atoms. The number of nitro benzene ring substituents is 1. The van der Waals surface area contributed by atoms with E-state index in [0.717, 1.165) is 25.1 Å². The number of hydrogen-bond donors (Lipinski definition) is 2. The van der Waals surface area contributed by atoms with E-state index in [1.807, 2.05) is 0 Å². The zero-order chi connectivity index (χ0) is 15.8. The molecule has 0 aliphatic carbocycles. The molecule has 0 amide bonds. The molecule has 1 aromatic carbocycles. The van der Waals surface area contributed by atoms with Gasteiger partial charge in [0.05, 0.1) is 4.92 Å². The van der Waals surface area contributed by atoms with Crippen LogP contribution in [0.25, 0.3) is 0 Å². The van der Waals surface area contributed by atoms with Crippen LogP contribution in [0.4, 0.5) is 11.4 Å². The van der Waals surface area contributed by atoms with E-state index in [2.05, 4.69) is 12.2 Å². The van der Waals surface area contributed by atoms with Gasteiger partial charge in [-0.25, -0.2) is 0 Å². The molecule has 21 heavy (non-hydrogen) atoms. The lowest BCUT2D eigenvalue weighted by Crippen LogP contribution is -2.10. The van der Waals surface area contributed by atoms with Crippen LogP contribution in [0.1, 0.15) is 38.2 Å². The lowest BCUT2D eigenvalue weighted by Gasteiger charge is -2.14. The third kappa shape index (κ3) is 5.81. The molecule has 0 aliphatic heterocycles. The summed E-state index contributed by atoms with van der Waals surface area (Å²) in [4.78, 5) is 20.9. The first-order valence-electron chi connectivity index (χ1n) is 7.14. The molecule has 1 unspecified atom stereocenters. The fourth-order valence-electron chi connectivity index (χ4n) is 2.27. The second-order valence-electron chi connectivity index (χ2n) is 5.18. The Morgan fingerprint density at radius 3 is 2.67 bits per heavy atom.